The molecule has 0 unspecified atom stereocenters. The number of benzene rings is 3. The molecule has 33 heavy (non-hydrogen) atoms. The average molecular weight is 482 g/mol. The van der Waals surface area contributed by atoms with E-state index in [2.05, 4.69) is 10.4 Å². The molecule has 1 amide bonds. The maximum absolute atomic E-state index is 12.6. The molecule has 0 radical (unpaired) electrons. The minimum absolute atomic E-state index is 0.193. The third kappa shape index (κ3) is 6.28. The molecule has 0 fully saturated rings. The number of rotatable bonds is 8. The van der Waals surface area contributed by atoms with E-state index >= 15 is 0 Å². The van der Waals surface area contributed by atoms with E-state index in [-0.39, 0.29) is 12.6 Å². The molecule has 3 aromatic carbocycles. The second kappa shape index (κ2) is 10.4. The maximum atomic E-state index is 12.6. The van der Waals surface area contributed by atoms with Crippen LogP contribution in [-0.4, -0.2) is 15.7 Å². The molecule has 168 valence electrons. The van der Waals surface area contributed by atoms with Crippen molar-refractivity contribution in [2.24, 2.45) is 0 Å². The van der Waals surface area contributed by atoms with E-state index in [9.17, 15) is 4.79 Å². The number of carbonyl (C=O) groups excluding carboxylic acids is 1. The SMILES string of the molecule is Cc1cc(OCc2ccc(C(=O)Nc3cnn(COc4cccc(Cl)c4)c3)cc2)ccc1Cl. The fraction of sp³-hybridized carbons (Fsp3) is 0.120. The first kappa shape index (κ1) is 22.7. The minimum atomic E-state index is -0.230. The van der Waals surface area contributed by atoms with Gasteiger partial charge in [-0.2, -0.15) is 5.10 Å². The van der Waals surface area contributed by atoms with Crippen molar-refractivity contribution in [1.82, 2.24) is 9.78 Å². The van der Waals surface area contributed by atoms with E-state index in [1.165, 1.54) is 0 Å². The van der Waals surface area contributed by atoms with Crippen LogP contribution in [0.3, 0.4) is 0 Å². The maximum Gasteiger partial charge on any atom is 0.255 e. The molecular weight excluding hydrogens is 461 g/mol. The number of hydrogen-bond acceptors (Lipinski definition) is 4. The molecule has 1 N–H and O–H groups in total. The van der Waals surface area contributed by atoms with Gasteiger partial charge in [0.2, 0.25) is 0 Å². The summed E-state index contributed by atoms with van der Waals surface area (Å²) in [4.78, 5) is 12.6. The van der Waals surface area contributed by atoms with Gasteiger partial charge in [-0.15, -0.1) is 0 Å². The number of anilines is 1. The fourth-order valence-corrected chi connectivity index (χ4v) is 3.32. The van der Waals surface area contributed by atoms with Gasteiger partial charge in [0.1, 0.15) is 18.1 Å². The Balaban J connectivity index is 1.29. The third-order valence-corrected chi connectivity index (χ3v) is 5.46. The molecule has 0 aliphatic carbocycles. The van der Waals surface area contributed by atoms with E-state index in [1.807, 2.05) is 49.4 Å². The molecule has 1 aromatic heterocycles. The molecule has 0 aliphatic rings. The van der Waals surface area contributed by atoms with Crippen molar-refractivity contribution in [2.75, 3.05) is 5.32 Å². The van der Waals surface area contributed by atoms with Crippen molar-refractivity contribution in [3.8, 4) is 11.5 Å². The highest BCUT2D eigenvalue weighted by Crippen LogP contribution is 2.22. The number of nitrogens with zero attached hydrogens (tertiary/aromatic N) is 2. The molecule has 0 bridgehead atoms. The van der Waals surface area contributed by atoms with E-state index in [4.69, 9.17) is 32.7 Å². The normalized spacial score (nSPS) is 10.6. The molecule has 0 saturated heterocycles. The first-order chi connectivity index (χ1) is 16.0. The van der Waals surface area contributed by atoms with Gasteiger partial charge in [0, 0.05) is 15.6 Å². The van der Waals surface area contributed by atoms with Crippen LogP contribution in [0.2, 0.25) is 10.0 Å². The van der Waals surface area contributed by atoms with Gasteiger partial charge >= 0.3 is 0 Å². The number of aromatic nitrogens is 2. The number of amides is 1. The molecule has 0 atom stereocenters. The molecule has 4 aromatic rings. The number of hydrogen-bond donors (Lipinski definition) is 1. The second-order valence-electron chi connectivity index (χ2n) is 7.35. The largest absolute Gasteiger partial charge is 0.489 e. The van der Waals surface area contributed by atoms with E-state index in [0.29, 0.717) is 33.7 Å². The Kier molecular flexibility index (Phi) is 7.17. The summed E-state index contributed by atoms with van der Waals surface area (Å²) in [5.41, 5.74) is 3.01. The van der Waals surface area contributed by atoms with Crippen molar-refractivity contribution >= 4 is 34.8 Å². The minimum Gasteiger partial charge on any atom is -0.489 e. The Morgan fingerprint density at radius 2 is 1.79 bits per heavy atom. The Hall–Kier alpha value is -3.48. The highest BCUT2D eigenvalue weighted by atomic mass is 35.5. The van der Waals surface area contributed by atoms with Crippen molar-refractivity contribution < 1.29 is 14.3 Å². The standard InChI is InChI=1S/C25H21Cl2N3O3/c1-17-11-23(9-10-24(17)27)32-15-18-5-7-19(8-6-18)25(31)29-21-13-28-30(14-21)16-33-22-4-2-3-20(26)12-22/h2-14H,15-16H2,1H3,(H,29,31). The third-order valence-electron chi connectivity index (χ3n) is 4.80. The predicted molar refractivity (Wildman–Crippen MR) is 129 cm³/mol. The zero-order valence-corrected chi connectivity index (χ0v) is 19.3. The summed E-state index contributed by atoms with van der Waals surface area (Å²) >= 11 is 12.0. The number of carbonyl (C=O) groups is 1. The fourth-order valence-electron chi connectivity index (χ4n) is 3.03. The van der Waals surface area contributed by atoms with Crippen LogP contribution >= 0.6 is 23.2 Å². The van der Waals surface area contributed by atoms with Gasteiger partial charge in [-0.3, -0.25) is 4.79 Å². The summed E-state index contributed by atoms with van der Waals surface area (Å²) in [5.74, 6) is 1.15. The van der Waals surface area contributed by atoms with Crippen LogP contribution in [0.1, 0.15) is 21.5 Å². The molecular formula is C25H21Cl2N3O3. The van der Waals surface area contributed by atoms with Gasteiger partial charge in [-0.25, -0.2) is 4.68 Å². The highest BCUT2D eigenvalue weighted by molar-refractivity contribution is 6.31. The Morgan fingerprint density at radius 1 is 1.00 bits per heavy atom. The first-order valence-electron chi connectivity index (χ1n) is 10.2. The van der Waals surface area contributed by atoms with Crippen LogP contribution in [0.4, 0.5) is 5.69 Å². The first-order valence-corrected chi connectivity index (χ1v) is 10.9. The average Bonchev–Trinajstić information content (AvgIpc) is 3.26. The number of nitrogens with one attached hydrogen (secondary N) is 1. The van der Waals surface area contributed by atoms with Gasteiger partial charge in [0.05, 0.1) is 18.1 Å². The topological polar surface area (TPSA) is 65.4 Å². The van der Waals surface area contributed by atoms with Crippen molar-refractivity contribution in [3.05, 3.63) is 106 Å². The van der Waals surface area contributed by atoms with Crippen molar-refractivity contribution in [3.63, 3.8) is 0 Å². The van der Waals surface area contributed by atoms with Gasteiger partial charge in [0.15, 0.2) is 6.73 Å². The van der Waals surface area contributed by atoms with Crippen LogP contribution in [0, 0.1) is 6.92 Å². The van der Waals surface area contributed by atoms with Crippen LogP contribution in [-0.2, 0) is 13.3 Å². The number of halogens is 2. The lowest BCUT2D eigenvalue weighted by molar-refractivity contribution is 0.102. The van der Waals surface area contributed by atoms with Crippen molar-refractivity contribution in [2.45, 2.75) is 20.3 Å². The van der Waals surface area contributed by atoms with Gasteiger partial charge in [-0.1, -0.05) is 41.4 Å². The predicted octanol–water partition coefficient (Wildman–Crippen LogP) is 6.37. The molecule has 0 saturated carbocycles. The van der Waals surface area contributed by atoms with Gasteiger partial charge in [0.25, 0.3) is 5.91 Å². The molecule has 1 heterocycles. The van der Waals surface area contributed by atoms with Crippen molar-refractivity contribution in [1.29, 1.82) is 0 Å². The highest BCUT2D eigenvalue weighted by Gasteiger charge is 2.09. The van der Waals surface area contributed by atoms with Crippen LogP contribution < -0.4 is 14.8 Å². The zero-order valence-electron chi connectivity index (χ0n) is 17.8. The molecule has 8 heteroatoms. The summed E-state index contributed by atoms with van der Waals surface area (Å²) in [5, 5.41) is 8.33. The molecule has 6 nitrogen and oxygen atoms in total. The molecule has 0 spiro atoms. The summed E-state index contributed by atoms with van der Waals surface area (Å²) < 4.78 is 13.0. The molecule has 4 rings (SSSR count). The van der Waals surface area contributed by atoms with E-state index in [0.717, 1.165) is 16.9 Å². The Morgan fingerprint density at radius 3 is 2.55 bits per heavy atom. The molecule has 0 aliphatic heterocycles. The summed E-state index contributed by atoms with van der Waals surface area (Å²) in [6.45, 7) is 2.51. The monoisotopic (exact) mass is 481 g/mol. The van der Waals surface area contributed by atoms with Crippen LogP contribution in [0.5, 0.6) is 11.5 Å². The summed E-state index contributed by atoms with van der Waals surface area (Å²) in [6, 6.07) is 19.9. The lowest BCUT2D eigenvalue weighted by Crippen LogP contribution is -2.11. The number of aryl methyl sites for hydroxylation is 1. The van der Waals surface area contributed by atoms with Crippen LogP contribution in [0.25, 0.3) is 0 Å². The van der Waals surface area contributed by atoms with Gasteiger partial charge < -0.3 is 14.8 Å². The van der Waals surface area contributed by atoms with E-state index in [1.54, 1.807) is 41.3 Å². The second-order valence-corrected chi connectivity index (χ2v) is 8.19. The van der Waals surface area contributed by atoms with Crippen LogP contribution in [0.15, 0.2) is 79.1 Å². The Labute approximate surface area is 201 Å². The summed E-state index contributed by atoms with van der Waals surface area (Å²) in [7, 11) is 0. The van der Waals surface area contributed by atoms with E-state index < -0.39 is 0 Å². The number of ether oxygens (including phenoxy) is 2. The lowest BCUT2D eigenvalue weighted by Gasteiger charge is -2.09. The lowest BCUT2D eigenvalue weighted by atomic mass is 10.1. The Bertz CT molecular complexity index is 1260. The summed E-state index contributed by atoms with van der Waals surface area (Å²) in [6.07, 6.45) is 3.26. The zero-order chi connectivity index (χ0) is 23.2. The quantitative estimate of drug-likeness (QED) is 0.317. The van der Waals surface area contributed by atoms with Gasteiger partial charge in [-0.05, 0) is 66.6 Å². The smallest absolute Gasteiger partial charge is 0.255 e.